The number of amides is 1. The van der Waals surface area contributed by atoms with E-state index in [0.29, 0.717) is 31.8 Å². The second kappa shape index (κ2) is 6.99. The molecule has 2 aromatic heterocycles. The lowest BCUT2D eigenvalue weighted by Crippen LogP contribution is -2.32. The maximum Gasteiger partial charge on any atom is 0.270 e. The number of ether oxygens (including phenoxy) is 1. The molecule has 0 aliphatic carbocycles. The van der Waals surface area contributed by atoms with Crippen LogP contribution in [-0.4, -0.2) is 35.1 Å². The minimum atomic E-state index is -0.403. The van der Waals surface area contributed by atoms with Crippen molar-refractivity contribution in [3.8, 4) is 0 Å². The van der Waals surface area contributed by atoms with Crippen molar-refractivity contribution in [1.29, 1.82) is 0 Å². The molecule has 1 N–H and O–H groups in total. The van der Waals surface area contributed by atoms with E-state index in [9.17, 15) is 9.59 Å². The minimum Gasteiger partial charge on any atom is -0.382 e. The summed E-state index contributed by atoms with van der Waals surface area (Å²) in [5, 5.41) is 2.71. The maximum absolute atomic E-state index is 12.3. The van der Waals surface area contributed by atoms with Gasteiger partial charge in [-0.1, -0.05) is 6.07 Å². The van der Waals surface area contributed by atoms with Crippen LogP contribution in [0.15, 0.2) is 29.3 Å². The number of pyridine rings is 1. The van der Waals surface area contributed by atoms with Crippen LogP contribution >= 0.6 is 0 Å². The van der Waals surface area contributed by atoms with Crippen molar-refractivity contribution in [1.82, 2.24) is 14.7 Å². The monoisotopic (exact) mass is 289 g/mol. The highest BCUT2D eigenvalue weighted by Crippen LogP contribution is 2.01. The Kier molecular flexibility index (Phi) is 5.05. The molecule has 0 unspecified atom stereocenters. The van der Waals surface area contributed by atoms with Crippen molar-refractivity contribution in [2.75, 3.05) is 19.8 Å². The number of nitrogens with one attached hydrogen (secondary N) is 1. The SMILES string of the molecule is CCOCCCNC(=O)c1cnc2ccc(C)cn2c1=O. The zero-order valence-electron chi connectivity index (χ0n) is 12.3. The van der Waals surface area contributed by atoms with Crippen LogP contribution in [0.1, 0.15) is 29.3 Å². The lowest BCUT2D eigenvalue weighted by Gasteiger charge is -2.06. The molecule has 2 aromatic rings. The van der Waals surface area contributed by atoms with Crippen molar-refractivity contribution in [3.63, 3.8) is 0 Å². The summed E-state index contributed by atoms with van der Waals surface area (Å²) >= 11 is 0. The van der Waals surface area contributed by atoms with Crippen molar-refractivity contribution < 1.29 is 9.53 Å². The second-order valence-corrected chi connectivity index (χ2v) is 4.72. The summed E-state index contributed by atoms with van der Waals surface area (Å²) in [6, 6.07) is 3.62. The summed E-state index contributed by atoms with van der Waals surface area (Å²) in [4.78, 5) is 28.5. The third kappa shape index (κ3) is 3.66. The molecule has 6 heteroatoms. The molecule has 1 amide bonds. The van der Waals surface area contributed by atoms with E-state index < -0.39 is 5.91 Å². The Morgan fingerprint density at radius 3 is 3.00 bits per heavy atom. The number of carbonyl (C=O) groups excluding carboxylic acids is 1. The van der Waals surface area contributed by atoms with Crippen LogP contribution in [0, 0.1) is 6.92 Å². The van der Waals surface area contributed by atoms with Crippen LogP contribution in [0.3, 0.4) is 0 Å². The van der Waals surface area contributed by atoms with E-state index >= 15 is 0 Å². The van der Waals surface area contributed by atoms with Crippen molar-refractivity contribution in [2.45, 2.75) is 20.3 Å². The highest BCUT2D eigenvalue weighted by molar-refractivity contribution is 5.93. The zero-order valence-corrected chi connectivity index (χ0v) is 12.3. The van der Waals surface area contributed by atoms with Crippen molar-refractivity contribution in [3.05, 3.63) is 46.0 Å². The number of hydrogen-bond acceptors (Lipinski definition) is 4. The predicted octanol–water partition coefficient (Wildman–Crippen LogP) is 1.16. The molecule has 21 heavy (non-hydrogen) atoms. The first-order valence-electron chi connectivity index (χ1n) is 6.97. The third-order valence-corrected chi connectivity index (χ3v) is 3.05. The molecule has 0 aromatic carbocycles. The lowest BCUT2D eigenvalue weighted by molar-refractivity contribution is 0.0942. The van der Waals surface area contributed by atoms with Crippen LogP contribution < -0.4 is 10.9 Å². The van der Waals surface area contributed by atoms with E-state index in [1.165, 1.54) is 10.6 Å². The molecule has 2 heterocycles. The van der Waals surface area contributed by atoms with Crippen LogP contribution in [0.25, 0.3) is 5.65 Å². The number of nitrogens with zero attached hydrogens (tertiary/aromatic N) is 2. The fourth-order valence-corrected chi connectivity index (χ4v) is 1.95. The Morgan fingerprint density at radius 1 is 1.43 bits per heavy atom. The summed E-state index contributed by atoms with van der Waals surface area (Å²) < 4.78 is 6.58. The molecule has 0 saturated carbocycles. The lowest BCUT2D eigenvalue weighted by atomic mass is 10.2. The molecule has 0 fully saturated rings. The Morgan fingerprint density at radius 2 is 2.24 bits per heavy atom. The number of fused-ring (bicyclic) bond motifs is 1. The summed E-state index contributed by atoms with van der Waals surface area (Å²) in [6.45, 7) is 5.51. The van der Waals surface area contributed by atoms with Crippen LogP contribution in [0.4, 0.5) is 0 Å². The number of aromatic nitrogens is 2. The molecule has 0 aliphatic heterocycles. The first kappa shape index (κ1) is 15.2. The highest BCUT2D eigenvalue weighted by Gasteiger charge is 2.12. The summed E-state index contributed by atoms with van der Waals surface area (Å²) in [5.74, 6) is -0.403. The number of carbonyl (C=O) groups is 1. The molecule has 0 saturated heterocycles. The predicted molar refractivity (Wildman–Crippen MR) is 79.6 cm³/mol. The van der Waals surface area contributed by atoms with Gasteiger partial charge in [-0.3, -0.25) is 14.0 Å². The van der Waals surface area contributed by atoms with Gasteiger partial charge in [0, 0.05) is 32.2 Å². The number of aryl methyl sites for hydroxylation is 1. The molecule has 0 atom stereocenters. The average Bonchev–Trinajstić information content (AvgIpc) is 2.48. The minimum absolute atomic E-state index is 0.0505. The van der Waals surface area contributed by atoms with Gasteiger partial charge in [0.15, 0.2) is 0 Å². The summed E-state index contributed by atoms with van der Waals surface area (Å²) in [7, 11) is 0. The van der Waals surface area contributed by atoms with Gasteiger partial charge in [-0.25, -0.2) is 4.98 Å². The highest BCUT2D eigenvalue weighted by atomic mass is 16.5. The first-order valence-corrected chi connectivity index (χ1v) is 6.97. The largest absolute Gasteiger partial charge is 0.382 e. The molecule has 2 rings (SSSR count). The topological polar surface area (TPSA) is 72.7 Å². The fourth-order valence-electron chi connectivity index (χ4n) is 1.95. The van der Waals surface area contributed by atoms with Gasteiger partial charge in [0.2, 0.25) is 0 Å². The number of hydrogen-bond donors (Lipinski definition) is 1. The van der Waals surface area contributed by atoms with E-state index in [-0.39, 0.29) is 11.1 Å². The zero-order chi connectivity index (χ0) is 15.2. The van der Waals surface area contributed by atoms with Gasteiger partial charge in [0.25, 0.3) is 11.5 Å². The van der Waals surface area contributed by atoms with Gasteiger partial charge >= 0.3 is 0 Å². The number of rotatable bonds is 6. The van der Waals surface area contributed by atoms with Crippen LogP contribution in [-0.2, 0) is 4.74 Å². The smallest absolute Gasteiger partial charge is 0.270 e. The molecule has 0 radical (unpaired) electrons. The van der Waals surface area contributed by atoms with E-state index in [1.807, 2.05) is 19.9 Å². The fraction of sp³-hybridized carbons (Fsp3) is 0.400. The molecule has 6 nitrogen and oxygen atoms in total. The van der Waals surface area contributed by atoms with Gasteiger partial charge in [0.1, 0.15) is 11.2 Å². The summed E-state index contributed by atoms with van der Waals surface area (Å²) in [5.41, 5.74) is 1.15. The maximum atomic E-state index is 12.3. The van der Waals surface area contributed by atoms with Gasteiger partial charge in [-0.05, 0) is 31.9 Å². The molecule has 112 valence electrons. The van der Waals surface area contributed by atoms with E-state index in [0.717, 1.165) is 5.56 Å². The molecular weight excluding hydrogens is 270 g/mol. The standard InChI is InChI=1S/C15H19N3O3/c1-3-21-8-4-7-16-14(19)12-9-17-13-6-5-11(2)10-18(13)15(12)20/h5-6,9-10H,3-4,7-8H2,1-2H3,(H,16,19). The van der Waals surface area contributed by atoms with Crippen LogP contribution in [0.2, 0.25) is 0 Å². The van der Waals surface area contributed by atoms with Crippen molar-refractivity contribution >= 4 is 11.6 Å². The Hall–Kier alpha value is -2.21. The van der Waals surface area contributed by atoms with Crippen LogP contribution in [0.5, 0.6) is 0 Å². The molecule has 0 aliphatic rings. The van der Waals surface area contributed by atoms with E-state index in [2.05, 4.69) is 10.3 Å². The normalized spacial score (nSPS) is 10.8. The Labute approximate surface area is 122 Å². The molecule has 0 bridgehead atoms. The second-order valence-electron chi connectivity index (χ2n) is 4.72. The molecular formula is C15H19N3O3. The molecule has 0 spiro atoms. The van der Waals surface area contributed by atoms with Gasteiger partial charge in [0.05, 0.1) is 0 Å². The van der Waals surface area contributed by atoms with Gasteiger partial charge in [-0.2, -0.15) is 0 Å². The Bertz CT molecular complexity index is 694. The third-order valence-electron chi connectivity index (χ3n) is 3.05. The quantitative estimate of drug-likeness (QED) is 0.810. The van der Waals surface area contributed by atoms with Gasteiger partial charge in [-0.15, -0.1) is 0 Å². The summed E-state index contributed by atoms with van der Waals surface area (Å²) in [6.07, 6.45) is 3.71. The van der Waals surface area contributed by atoms with Crippen molar-refractivity contribution in [2.24, 2.45) is 0 Å². The average molecular weight is 289 g/mol. The van der Waals surface area contributed by atoms with E-state index in [4.69, 9.17) is 4.74 Å². The van der Waals surface area contributed by atoms with E-state index in [1.54, 1.807) is 12.3 Å². The first-order chi connectivity index (χ1) is 10.1. The van der Waals surface area contributed by atoms with Gasteiger partial charge < -0.3 is 10.1 Å². The Balaban J connectivity index is 2.13.